The third-order valence-electron chi connectivity index (χ3n) is 3.86. The zero-order valence-corrected chi connectivity index (χ0v) is 13.0. The molecule has 5 nitrogen and oxygen atoms in total. The van der Waals surface area contributed by atoms with Crippen LogP contribution in [0.15, 0.2) is 0 Å². The van der Waals surface area contributed by atoms with Gasteiger partial charge in [-0.25, -0.2) is 0 Å². The van der Waals surface area contributed by atoms with Crippen molar-refractivity contribution < 1.29 is 9.59 Å². The van der Waals surface area contributed by atoms with E-state index in [1.807, 2.05) is 18.7 Å². The predicted octanol–water partition coefficient (Wildman–Crippen LogP) is 1.27. The van der Waals surface area contributed by atoms with E-state index in [1.54, 1.807) is 0 Å². The molecule has 1 rings (SSSR count). The van der Waals surface area contributed by atoms with E-state index in [-0.39, 0.29) is 29.8 Å². The number of hydrogen-bond donors (Lipinski definition) is 2. The Balaban J connectivity index is 2.34. The van der Waals surface area contributed by atoms with Crippen LogP contribution < -0.4 is 11.1 Å². The van der Waals surface area contributed by atoms with Crippen molar-refractivity contribution in [2.24, 2.45) is 11.7 Å². The lowest BCUT2D eigenvalue weighted by Crippen LogP contribution is -2.51. The number of nitrogens with two attached hydrogens (primary N) is 1. The topological polar surface area (TPSA) is 75.4 Å². The maximum Gasteiger partial charge on any atom is 0.239 e. The largest absolute Gasteiger partial charge is 0.353 e. The lowest BCUT2D eigenvalue weighted by atomic mass is 10.0. The monoisotopic (exact) mass is 283 g/mol. The highest BCUT2D eigenvalue weighted by molar-refractivity contribution is 5.82. The number of unbranched alkanes of at least 4 members (excludes halogenated alkanes) is 1. The summed E-state index contributed by atoms with van der Waals surface area (Å²) >= 11 is 0. The van der Waals surface area contributed by atoms with Crippen molar-refractivity contribution in [2.45, 2.75) is 65.0 Å². The molecule has 1 heterocycles. The van der Waals surface area contributed by atoms with Gasteiger partial charge in [-0.05, 0) is 19.3 Å². The molecule has 1 aliphatic rings. The van der Waals surface area contributed by atoms with Crippen molar-refractivity contribution in [3.05, 3.63) is 0 Å². The molecule has 3 N–H and O–H groups in total. The average Bonchev–Trinajstić information content (AvgIpc) is 2.44. The van der Waals surface area contributed by atoms with E-state index in [2.05, 4.69) is 12.2 Å². The van der Waals surface area contributed by atoms with E-state index in [4.69, 9.17) is 5.73 Å². The number of hydrogen-bond acceptors (Lipinski definition) is 3. The van der Waals surface area contributed by atoms with Crippen LogP contribution in [0.25, 0.3) is 0 Å². The number of carbonyl (C=O) groups is 2. The van der Waals surface area contributed by atoms with Crippen LogP contribution in [0.4, 0.5) is 0 Å². The summed E-state index contributed by atoms with van der Waals surface area (Å²) in [5, 5.41) is 3.03. The van der Waals surface area contributed by atoms with Gasteiger partial charge in [-0.3, -0.25) is 9.59 Å². The SMILES string of the molecule is CCCC[C@H](N)C(=O)N1CCC(NC(=O)C(C)C)CC1. The fourth-order valence-corrected chi connectivity index (χ4v) is 2.39. The smallest absolute Gasteiger partial charge is 0.239 e. The molecule has 0 unspecified atom stereocenters. The fourth-order valence-electron chi connectivity index (χ4n) is 2.39. The molecule has 0 saturated carbocycles. The molecule has 0 bridgehead atoms. The molecule has 0 spiro atoms. The van der Waals surface area contributed by atoms with Crippen molar-refractivity contribution >= 4 is 11.8 Å². The summed E-state index contributed by atoms with van der Waals surface area (Å²) in [5.41, 5.74) is 5.93. The summed E-state index contributed by atoms with van der Waals surface area (Å²) in [4.78, 5) is 25.6. The van der Waals surface area contributed by atoms with E-state index in [0.29, 0.717) is 13.1 Å². The Morgan fingerprint density at radius 3 is 2.40 bits per heavy atom. The zero-order valence-electron chi connectivity index (χ0n) is 13.0. The van der Waals surface area contributed by atoms with Gasteiger partial charge < -0.3 is 16.0 Å². The third kappa shape index (κ3) is 5.12. The van der Waals surface area contributed by atoms with Crippen molar-refractivity contribution in [3.63, 3.8) is 0 Å². The predicted molar refractivity (Wildman–Crippen MR) is 80.1 cm³/mol. The molecular weight excluding hydrogens is 254 g/mol. The van der Waals surface area contributed by atoms with Crippen molar-refractivity contribution in [3.8, 4) is 0 Å². The molecule has 1 atom stereocenters. The number of rotatable bonds is 6. The van der Waals surface area contributed by atoms with E-state index in [1.165, 1.54) is 0 Å². The van der Waals surface area contributed by atoms with Gasteiger partial charge in [-0.15, -0.1) is 0 Å². The Morgan fingerprint density at radius 1 is 1.30 bits per heavy atom. The minimum atomic E-state index is -0.364. The highest BCUT2D eigenvalue weighted by Crippen LogP contribution is 2.13. The number of nitrogens with one attached hydrogen (secondary N) is 1. The molecule has 5 heteroatoms. The quantitative estimate of drug-likeness (QED) is 0.770. The lowest BCUT2D eigenvalue weighted by Gasteiger charge is -2.34. The summed E-state index contributed by atoms with van der Waals surface area (Å²) in [6, 6.07) is -0.169. The Kier molecular flexibility index (Phi) is 6.99. The van der Waals surface area contributed by atoms with Gasteiger partial charge in [0.25, 0.3) is 0 Å². The molecule has 0 aliphatic carbocycles. The van der Waals surface area contributed by atoms with E-state index < -0.39 is 0 Å². The number of piperidine rings is 1. The van der Waals surface area contributed by atoms with Crippen LogP contribution in [0.3, 0.4) is 0 Å². The highest BCUT2D eigenvalue weighted by atomic mass is 16.2. The van der Waals surface area contributed by atoms with E-state index in [0.717, 1.165) is 32.1 Å². The van der Waals surface area contributed by atoms with Crippen LogP contribution in [0.5, 0.6) is 0 Å². The second-order valence-electron chi connectivity index (χ2n) is 6.01. The Morgan fingerprint density at radius 2 is 1.90 bits per heavy atom. The van der Waals surface area contributed by atoms with Gasteiger partial charge in [0.1, 0.15) is 0 Å². The number of carbonyl (C=O) groups excluding carboxylic acids is 2. The van der Waals surface area contributed by atoms with Crippen LogP contribution in [0.2, 0.25) is 0 Å². The van der Waals surface area contributed by atoms with Crippen LogP contribution >= 0.6 is 0 Å². The van der Waals surface area contributed by atoms with Gasteiger partial charge in [-0.2, -0.15) is 0 Å². The minimum Gasteiger partial charge on any atom is -0.353 e. The molecular formula is C15H29N3O2. The maximum absolute atomic E-state index is 12.2. The standard InChI is InChI=1S/C15H29N3O2/c1-4-5-6-13(16)15(20)18-9-7-12(8-10-18)17-14(19)11(2)3/h11-13H,4-10,16H2,1-3H3,(H,17,19)/t13-/m0/s1. The van der Waals surface area contributed by atoms with Crippen LogP contribution in [-0.4, -0.2) is 41.9 Å². The van der Waals surface area contributed by atoms with Gasteiger partial charge in [0.05, 0.1) is 6.04 Å². The van der Waals surface area contributed by atoms with Crippen molar-refractivity contribution in [1.82, 2.24) is 10.2 Å². The zero-order chi connectivity index (χ0) is 15.1. The maximum atomic E-state index is 12.2. The summed E-state index contributed by atoms with van der Waals surface area (Å²) in [6.45, 7) is 7.27. The van der Waals surface area contributed by atoms with E-state index >= 15 is 0 Å². The molecule has 0 aromatic heterocycles. The van der Waals surface area contributed by atoms with E-state index in [9.17, 15) is 9.59 Å². The summed E-state index contributed by atoms with van der Waals surface area (Å²) in [6.07, 6.45) is 4.47. The Labute approximate surface area is 122 Å². The summed E-state index contributed by atoms with van der Waals surface area (Å²) in [7, 11) is 0. The number of amides is 2. The van der Waals surface area contributed by atoms with Gasteiger partial charge in [-0.1, -0.05) is 33.6 Å². The molecule has 1 saturated heterocycles. The van der Waals surface area contributed by atoms with Crippen LogP contribution in [0.1, 0.15) is 52.9 Å². The second-order valence-corrected chi connectivity index (χ2v) is 6.01. The molecule has 0 aromatic rings. The Bertz CT molecular complexity index is 323. The van der Waals surface area contributed by atoms with Gasteiger partial charge in [0, 0.05) is 25.0 Å². The molecule has 1 fully saturated rings. The van der Waals surface area contributed by atoms with Gasteiger partial charge in [0.15, 0.2) is 0 Å². The fraction of sp³-hybridized carbons (Fsp3) is 0.867. The minimum absolute atomic E-state index is 0.0112. The van der Waals surface area contributed by atoms with Gasteiger partial charge in [0.2, 0.25) is 11.8 Å². The number of likely N-dealkylation sites (tertiary alicyclic amines) is 1. The normalized spacial score (nSPS) is 18.1. The first-order valence-electron chi connectivity index (χ1n) is 7.80. The molecule has 0 radical (unpaired) electrons. The van der Waals surface area contributed by atoms with Gasteiger partial charge >= 0.3 is 0 Å². The summed E-state index contributed by atoms with van der Waals surface area (Å²) in [5.74, 6) is 0.165. The van der Waals surface area contributed by atoms with Crippen molar-refractivity contribution in [2.75, 3.05) is 13.1 Å². The lowest BCUT2D eigenvalue weighted by molar-refractivity contribution is -0.134. The summed E-state index contributed by atoms with van der Waals surface area (Å²) < 4.78 is 0. The second kappa shape index (κ2) is 8.25. The molecule has 0 aromatic carbocycles. The highest BCUT2D eigenvalue weighted by Gasteiger charge is 2.26. The Hall–Kier alpha value is -1.10. The van der Waals surface area contributed by atoms with Crippen LogP contribution in [0, 0.1) is 5.92 Å². The first kappa shape index (κ1) is 17.0. The average molecular weight is 283 g/mol. The first-order valence-corrected chi connectivity index (χ1v) is 7.80. The molecule has 20 heavy (non-hydrogen) atoms. The molecule has 2 amide bonds. The first-order chi connectivity index (χ1) is 9.45. The molecule has 1 aliphatic heterocycles. The van der Waals surface area contributed by atoms with Crippen LogP contribution in [-0.2, 0) is 9.59 Å². The molecule has 116 valence electrons. The van der Waals surface area contributed by atoms with Crippen molar-refractivity contribution in [1.29, 1.82) is 0 Å². The third-order valence-corrected chi connectivity index (χ3v) is 3.86. The number of nitrogens with zero attached hydrogens (tertiary/aromatic N) is 1.